The van der Waals surface area contributed by atoms with Gasteiger partial charge in [0.15, 0.2) is 0 Å². The molecular weight excluding hydrogens is 146 g/mol. The van der Waals surface area contributed by atoms with Gasteiger partial charge in [-0.05, 0) is 44.2 Å². The SMILES string of the molecule is C1CCC(CCNCC2CC2)C1. The Labute approximate surface area is 75.9 Å². The Balaban J connectivity index is 1.44. The predicted octanol–water partition coefficient (Wildman–Crippen LogP) is 2.57. The van der Waals surface area contributed by atoms with Gasteiger partial charge in [0.2, 0.25) is 0 Å². The lowest BCUT2D eigenvalue weighted by Gasteiger charge is -2.08. The summed E-state index contributed by atoms with van der Waals surface area (Å²) < 4.78 is 0. The molecule has 0 atom stereocenters. The van der Waals surface area contributed by atoms with Crippen LogP contribution in [0.2, 0.25) is 0 Å². The van der Waals surface area contributed by atoms with E-state index in [1.165, 1.54) is 58.0 Å². The second-order valence-electron chi connectivity index (χ2n) is 4.59. The first kappa shape index (κ1) is 8.55. The van der Waals surface area contributed by atoms with Crippen molar-refractivity contribution in [1.29, 1.82) is 0 Å². The van der Waals surface area contributed by atoms with Gasteiger partial charge < -0.3 is 5.32 Å². The molecule has 12 heavy (non-hydrogen) atoms. The molecule has 0 unspecified atom stereocenters. The first-order valence-corrected chi connectivity index (χ1v) is 5.66. The number of hydrogen-bond acceptors (Lipinski definition) is 1. The highest BCUT2D eigenvalue weighted by atomic mass is 14.9. The third-order valence-electron chi connectivity index (χ3n) is 3.33. The number of rotatable bonds is 5. The molecule has 1 nitrogen and oxygen atoms in total. The Hall–Kier alpha value is -0.0400. The van der Waals surface area contributed by atoms with Crippen LogP contribution in [0.25, 0.3) is 0 Å². The Bertz CT molecular complexity index is 123. The molecule has 1 heteroatoms. The van der Waals surface area contributed by atoms with Crippen LogP contribution >= 0.6 is 0 Å². The van der Waals surface area contributed by atoms with Gasteiger partial charge in [0.05, 0.1) is 0 Å². The molecule has 0 radical (unpaired) electrons. The number of nitrogens with one attached hydrogen (secondary N) is 1. The van der Waals surface area contributed by atoms with Crippen LogP contribution in [0, 0.1) is 11.8 Å². The molecule has 0 aromatic heterocycles. The Morgan fingerprint density at radius 1 is 0.917 bits per heavy atom. The van der Waals surface area contributed by atoms with E-state index in [2.05, 4.69) is 5.32 Å². The quantitative estimate of drug-likeness (QED) is 0.621. The predicted molar refractivity (Wildman–Crippen MR) is 52.2 cm³/mol. The molecule has 2 fully saturated rings. The highest BCUT2D eigenvalue weighted by Gasteiger charge is 2.20. The summed E-state index contributed by atoms with van der Waals surface area (Å²) in [7, 11) is 0. The van der Waals surface area contributed by atoms with Gasteiger partial charge in [-0.1, -0.05) is 25.7 Å². The lowest BCUT2D eigenvalue weighted by atomic mass is 10.0. The van der Waals surface area contributed by atoms with Gasteiger partial charge in [-0.15, -0.1) is 0 Å². The van der Waals surface area contributed by atoms with Crippen molar-refractivity contribution in [1.82, 2.24) is 5.32 Å². The van der Waals surface area contributed by atoms with E-state index in [1.807, 2.05) is 0 Å². The summed E-state index contributed by atoms with van der Waals surface area (Å²) in [6.07, 6.45) is 10.4. The van der Waals surface area contributed by atoms with E-state index in [-0.39, 0.29) is 0 Å². The fraction of sp³-hybridized carbons (Fsp3) is 1.00. The summed E-state index contributed by atoms with van der Waals surface area (Å²) in [4.78, 5) is 0. The van der Waals surface area contributed by atoms with E-state index < -0.39 is 0 Å². The van der Waals surface area contributed by atoms with Gasteiger partial charge in [0, 0.05) is 0 Å². The van der Waals surface area contributed by atoms with Crippen molar-refractivity contribution in [3.8, 4) is 0 Å². The summed E-state index contributed by atoms with van der Waals surface area (Å²) in [5, 5.41) is 3.57. The van der Waals surface area contributed by atoms with Gasteiger partial charge in [-0.2, -0.15) is 0 Å². The summed E-state index contributed by atoms with van der Waals surface area (Å²) in [5.74, 6) is 2.12. The summed E-state index contributed by atoms with van der Waals surface area (Å²) in [5.41, 5.74) is 0. The highest BCUT2D eigenvalue weighted by molar-refractivity contribution is 4.75. The van der Waals surface area contributed by atoms with E-state index in [0.717, 1.165) is 11.8 Å². The fourth-order valence-electron chi connectivity index (χ4n) is 2.23. The molecule has 0 aliphatic heterocycles. The minimum atomic E-state index is 1.05. The lowest BCUT2D eigenvalue weighted by molar-refractivity contribution is 0.473. The van der Waals surface area contributed by atoms with Crippen LogP contribution in [0.4, 0.5) is 0 Å². The third kappa shape index (κ3) is 2.78. The topological polar surface area (TPSA) is 12.0 Å². The van der Waals surface area contributed by atoms with Crippen LogP contribution < -0.4 is 5.32 Å². The highest BCUT2D eigenvalue weighted by Crippen LogP contribution is 2.28. The molecule has 0 bridgehead atoms. The molecule has 0 aromatic rings. The zero-order valence-electron chi connectivity index (χ0n) is 8.02. The van der Waals surface area contributed by atoms with Gasteiger partial charge in [0.1, 0.15) is 0 Å². The molecule has 0 saturated heterocycles. The standard InChI is InChI=1S/C11H21N/c1-2-4-10(3-1)7-8-12-9-11-5-6-11/h10-12H,1-9H2. The van der Waals surface area contributed by atoms with E-state index >= 15 is 0 Å². The molecule has 70 valence electrons. The summed E-state index contributed by atoms with van der Waals surface area (Å²) in [6.45, 7) is 2.58. The van der Waals surface area contributed by atoms with Crippen LogP contribution in [0.1, 0.15) is 44.9 Å². The van der Waals surface area contributed by atoms with E-state index in [0.29, 0.717) is 0 Å². The van der Waals surface area contributed by atoms with E-state index in [9.17, 15) is 0 Å². The second kappa shape index (κ2) is 4.27. The fourth-order valence-corrected chi connectivity index (χ4v) is 2.23. The van der Waals surface area contributed by atoms with Crippen LogP contribution in [-0.4, -0.2) is 13.1 Å². The van der Waals surface area contributed by atoms with Crippen LogP contribution in [0.3, 0.4) is 0 Å². The van der Waals surface area contributed by atoms with E-state index in [1.54, 1.807) is 0 Å². The maximum Gasteiger partial charge on any atom is -0.00205 e. The molecule has 2 aliphatic rings. The zero-order valence-corrected chi connectivity index (χ0v) is 8.02. The van der Waals surface area contributed by atoms with Gasteiger partial charge in [-0.3, -0.25) is 0 Å². The van der Waals surface area contributed by atoms with Crippen molar-refractivity contribution in [3.63, 3.8) is 0 Å². The molecule has 0 amide bonds. The number of hydrogen-bond donors (Lipinski definition) is 1. The lowest BCUT2D eigenvalue weighted by Crippen LogP contribution is -2.19. The Morgan fingerprint density at radius 2 is 1.67 bits per heavy atom. The van der Waals surface area contributed by atoms with Crippen molar-refractivity contribution >= 4 is 0 Å². The second-order valence-corrected chi connectivity index (χ2v) is 4.59. The minimum Gasteiger partial charge on any atom is -0.316 e. The molecule has 2 saturated carbocycles. The molecular formula is C11H21N. The summed E-state index contributed by atoms with van der Waals surface area (Å²) >= 11 is 0. The minimum absolute atomic E-state index is 1.05. The van der Waals surface area contributed by atoms with Crippen LogP contribution in [-0.2, 0) is 0 Å². The normalized spacial score (nSPS) is 25.0. The third-order valence-corrected chi connectivity index (χ3v) is 3.33. The van der Waals surface area contributed by atoms with Gasteiger partial charge >= 0.3 is 0 Å². The monoisotopic (exact) mass is 167 g/mol. The molecule has 0 aromatic carbocycles. The van der Waals surface area contributed by atoms with Crippen molar-refractivity contribution in [2.24, 2.45) is 11.8 Å². The van der Waals surface area contributed by atoms with Crippen LogP contribution in [0.15, 0.2) is 0 Å². The van der Waals surface area contributed by atoms with Crippen LogP contribution in [0.5, 0.6) is 0 Å². The van der Waals surface area contributed by atoms with E-state index in [4.69, 9.17) is 0 Å². The molecule has 2 aliphatic carbocycles. The smallest absolute Gasteiger partial charge is 0.00205 e. The summed E-state index contributed by atoms with van der Waals surface area (Å²) in [6, 6.07) is 0. The molecule has 2 rings (SSSR count). The maximum atomic E-state index is 3.57. The average molecular weight is 167 g/mol. The zero-order chi connectivity index (χ0) is 8.23. The molecule has 0 spiro atoms. The molecule has 1 N–H and O–H groups in total. The first-order valence-electron chi connectivity index (χ1n) is 5.66. The van der Waals surface area contributed by atoms with Crippen molar-refractivity contribution in [2.75, 3.05) is 13.1 Å². The Kier molecular flexibility index (Phi) is 3.04. The maximum absolute atomic E-state index is 3.57. The first-order chi connectivity index (χ1) is 5.95. The Morgan fingerprint density at radius 3 is 2.33 bits per heavy atom. The molecule has 0 heterocycles. The largest absolute Gasteiger partial charge is 0.316 e. The van der Waals surface area contributed by atoms with Crippen molar-refractivity contribution < 1.29 is 0 Å². The van der Waals surface area contributed by atoms with Crippen molar-refractivity contribution in [3.05, 3.63) is 0 Å². The van der Waals surface area contributed by atoms with Crippen molar-refractivity contribution in [2.45, 2.75) is 44.9 Å². The average Bonchev–Trinajstić information content (AvgIpc) is 2.76. The van der Waals surface area contributed by atoms with Gasteiger partial charge in [0.25, 0.3) is 0 Å². The van der Waals surface area contributed by atoms with Gasteiger partial charge in [-0.25, -0.2) is 0 Å².